The average Bonchev–Trinajstić information content (AvgIpc) is 3.31. The van der Waals surface area contributed by atoms with Gasteiger partial charge >= 0.3 is 0 Å². The predicted molar refractivity (Wildman–Crippen MR) is 152 cm³/mol. The van der Waals surface area contributed by atoms with Crippen molar-refractivity contribution in [3.8, 4) is 11.5 Å². The standard InChI is InChI=1S/C32H39N3O3/c1-37-30-17-16-25(22-31(30)38-2)28(14-8-4-7-12-24-10-5-3-6-11-24)35-23-27-26(32(35)36)13-9-15-29(27)34-20-18-33-19-21-34/h3,5-6,9-11,13,15-17,22,28,33H,4,7-8,12,14,18-21,23H2,1-2H3/t28-/m1/s1. The molecule has 1 atom stereocenters. The summed E-state index contributed by atoms with van der Waals surface area (Å²) in [5.41, 5.74) is 5.68. The van der Waals surface area contributed by atoms with E-state index in [0.29, 0.717) is 18.0 Å². The number of aryl methyl sites for hydroxylation is 1. The summed E-state index contributed by atoms with van der Waals surface area (Å²) in [7, 11) is 3.32. The van der Waals surface area contributed by atoms with Crippen molar-refractivity contribution >= 4 is 11.6 Å². The van der Waals surface area contributed by atoms with Crippen LogP contribution in [0.2, 0.25) is 0 Å². The molecule has 3 aromatic rings. The molecule has 5 rings (SSSR count). The topological polar surface area (TPSA) is 54.0 Å². The molecule has 0 unspecified atom stereocenters. The van der Waals surface area contributed by atoms with Crippen LogP contribution < -0.4 is 19.7 Å². The fourth-order valence-corrected chi connectivity index (χ4v) is 5.84. The molecule has 1 amide bonds. The van der Waals surface area contributed by atoms with Crippen molar-refractivity contribution in [3.63, 3.8) is 0 Å². The first-order valence-corrected chi connectivity index (χ1v) is 13.8. The summed E-state index contributed by atoms with van der Waals surface area (Å²) in [6.45, 7) is 4.50. The van der Waals surface area contributed by atoms with Crippen molar-refractivity contribution in [2.75, 3.05) is 45.3 Å². The highest BCUT2D eigenvalue weighted by Crippen LogP contribution is 2.40. The van der Waals surface area contributed by atoms with Crippen LogP contribution >= 0.6 is 0 Å². The van der Waals surface area contributed by atoms with Crippen LogP contribution in [0.1, 0.15) is 58.8 Å². The molecule has 3 aromatic carbocycles. The Kier molecular flexibility index (Phi) is 8.49. The Morgan fingerprint density at radius 3 is 2.42 bits per heavy atom. The number of ether oxygens (including phenoxy) is 2. The highest BCUT2D eigenvalue weighted by molar-refractivity contribution is 6.00. The lowest BCUT2D eigenvalue weighted by Crippen LogP contribution is -2.43. The first kappa shape index (κ1) is 26.1. The largest absolute Gasteiger partial charge is 0.493 e. The van der Waals surface area contributed by atoms with Crippen molar-refractivity contribution in [1.82, 2.24) is 10.2 Å². The van der Waals surface area contributed by atoms with E-state index in [9.17, 15) is 4.79 Å². The number of benzene rings is 3. The lowest BCUT2D eigenvalue weighted by Gasteiger charge is -2.32. The van der Waals surface area contributed by atoms with Gasteiger partial charge in [-0.2, -0.15) is 0 Å². The minimum Gasteiger partial charge on any atom is -0.493 e. The van der Waals surface area contributed by atoms with Gasteiger partial charge in [0.2, 0.25) is 0 Å². The van der Waals surface area contributed by atoms with E-state index in [2.05, 4.69) is 57.6 Å². The number of carbonyl (C=O) groups is 1. The number of rotatable bonds is 11. The molecule has 6 nitrogen and oxygen atoms in total. The number of anilines is 1. The Bertz CT molecular complexity index is 1220. The van der Waals surface area contributed by atoms with Crippen molar-refractivity contribution < 1.29 is 14.3 Å². The van der Waals surface area contributed by atoms with Crippen molar-refractivity contribution in [2.45, 2.75) is 44.7 Å². The van der Waals surface area contributed by atoms with Gasteiger partial charge in [-0.3, -0.25) is 4.79 Å². The SMILES string of the molecule is COc1ccc([C@@H](CCCCCc2ccccc2)N2Cc3c(cccc3N3CCNCC3)C2=O)cc1OC. The number of hydrogen-bond donors (Lipinski definition) is 1. The molecule has 0 aromatic heterocycles. The molecule has 0 bridgehead atoms. The van der Waals surface area contributed by atoms with Crippen molar-refractivity contribution in [2.24, 2.45) is 0 Å². The molecular formula is C32H39N3O3. The van der Waals surface area contributed by atoms with E-state index in [0.717, 1.165) is 75.0 Å². The number of carbonyl (C=O) groups excluding carboxylic acids is 1. The van der Waals surface area contributed by atoms with E-state index in [4.69, 9.17) is 9.47 Å². The summed E-state index contributed by atoms with van der Waals surface area (Å²) in [5, 5.41) is 3.43. The fourth-order valence-electron chi connectivity index (χ4n) is 5.84. The molecule has 0 spiro atoms. The first-order chi connectivity index (χ1) is 18.7. The summed E-state index contributed by atoms with van der Waals surface area (Å²) in [5.74, 6) is 1.53. The Morgan fingerprint density at radius 1 is 0.868 bits per heavy atom. The van der Waals surface area contributed by atoms with Gasteiger partial charge in [-0.25, -0.2) is 0 Å². The van der Waals surface area contributed by atoms with Crippen LogP contribution in [0, 0.1) is 0 Å². The van der Waals surface area contributed by atoms with Gasteiger partial charge in [-0.05, 0) is 54.7 Å². The highest BCUT2D eigenvalue weighted by atomic mass is 16.5. The summed E-state index contributed by atoms with van der Waals surface area (Å²) in [6.07, 6.45) is 5.32. The zero-order valence-corrected chi connectivity index (χ0v) is 22.6. The maximum absolute atomic E-state index is 13.8. The maximum Gasteiger partial charge on any atom is 0.255 e. The number of fused-ring (bicyclic) bond motifs is 1. The third-order valence-electron chi connectivity index (χ3n) is 7.88. The zero-order chi connectivity index (χ0) is 26.3. The fraction of sp³-hybridized carbons (Fsp3) is 0.406. The van der Waals surface area contributed by atoms with Crippen LogP contribution in [0.5, 0.6) is 11.5 Å². The van der Waals surface area contributed by atoms with E-state index in [1.807, 2.05) is 24.3 Å². The van der Waals surface area contributed by atoms with Gasteiger partial charge in [-0.15, -0.1) is 0 Å². The van der Waals surface area contributed by atoms with Crippen molar-refractivity contribution in [3.05, 3.63) is 89.0 Å². The lowest BCUT2D eigenvalue weighted by molar-refractivity contribution is 0.0688. The predicted octanol–water partition coefficient (Wildman–Crippen LogP) is 5.61. The third-order valence-corrected chi connectivity index (χ3v) is 7.88. The van der Waals surface area contributed by atoms with E-state index < -0.39 is 0 Å². The van der Waals surface area contributed by atoms with Crippen LogP contribution in [0.25, 0.3) is 0 Å². The second kappa shape index (κ2) is 12.4. The monoisotopic (exact) mass is 513 g/mol. The van der Waals surface area contributed by atoms with Crippen LogP contribution in [0.4, 0.5) is 5.69 Å². The number of unbranched alkanes of at least 4 members (excludes halogenated alkanes) is 2. The van der Waals surface area contributed by atoms with Gasteiger partial charge in [0.05, 0.1) is 20.3 Å². The molecule has 6 heteroatoms. The van der Waals surface area contributed by atoms with E-state index in [1.165, 1.54) is 11.3 Å². The van der Waals surface area contributed by atoms with Gasteiger partial charge in [-0.1, -0.05) is 55.3 Å². The Balaban J connectivity index is 1.36. The van der Waals surface area contributed by atoms with Crippen LogP contribution in [-0.4, -0.2) is 51.2 Å². The molecule has 0 radical (unpaired) electrons. The highest BCUT2D eigenvalue weighted by Gasteiger charge is 2.36. The van der Waals surface area contributed by atoms with Crippen LogP contribution in [0.15, 0.2) is 66.7 Å². The molecule has 2 heterocycles. The smallest absolute Gasteiger partial charge is 0.255 e. The molecule has 2 aliphatic heterocycles. The molecule has 0 aliphatic carbocycles. The number of piperazine rings is 1. The van der Waals surface area contributed by atoms with Gasteiger partial charge in [0.15, 0.2) is 11.5 Å². The normalized spacial score (nSPS) is 15.9. The maximum atomic E-state index is 13.8. The summed E-state index contributed by atoms with van der Waals surface area (Å²) < 4.78 is 11.1. The van der Waals surface area contributed by atoms with Gasteiger partial charge in [0.1, 0.15) is 0 Å². The molecule has 1 N–H and O–H groups in total. The van der Waals surface area contributed by atoms with Crippen LogP contribution in [0.3, 0.4) is 0 Å². The number of nitrogens with zero attached hydrogens (tertiary/aromatic N) is 2. The Morgan fingerprint density at radius 2 is 1.66 bits per heavy atom. The van der Waals surface area contributed by atoms with Gasteiger partial charge in [0, 0.05) is 49.5 Å². The molecular weight excluding hydrogens is 474 g/mol. The Labute approximate surface area is 226 Å². The lowest BCUT2D eigenvalue weighted by atomic mass is 9.97. The second-order valence-corrected chi connectivity index (χ2v) is 10.2. The van der Waals surface area contributed by atoms with Crippen LogP contribution in [-0.2, 0) is 13.0 Å². The zero-order valence-electron chi connectivity index (χ0n) is 22.6. The van der Waals surface area contributed by atoms with E-state index in [1.54, 1.807) is 14.2 Å². The molecule has 0 saturated carbocycles. The molecule has 1 saturated heterocycles. The van der Waals surface area contributed by atoms with Crippen molar-refractivity contribution in [1.29, 1.82) is 0 Å². The number of hydrogen-bond acceptors (Lipinski definition) is 5. The van der Waals surface area contributed by atoms with Gasteiger partial charge < -0.3 is 24.6 Å². The Hall–Kier alpha value is -3.51. The quantitative estimate of drug-likeness (QED) is 0.338. The summed E-state index contributed by atoms with van der Waals surface area (Å²) >= 11 is 0. The molecule has 1 fully saturated rings. The summed E-state index contributed by atoms with van der Waals surface area (Å²) in [4.78, 5) is 18.3. The second-order valence-electron chi connectivity index (χ2n) is 10.2. The average molecular weight is 514 g/mol. The molecule has 200 valence electrons. The van der Waals surface area contributed by atoms with E-state index >= 15 is 0 Å². The number of methoxy groups -OCH3 is 2. The molecule has 2 aliphatic rings. The van der Waals surface area contributed by atoms with E-state index in [-0.39, 0.29) is 11.9 Å². The third kappa shape index (κ3) is 5.65. The summed E-state index contributed by atoms with van der Waals surface area (Å²) in [6, 6.07) is 22.9. The molecule has 38 heavy (non-hydrogen) atoms. The number of nitrogens with one attached hydrogen (secondary N) is 1. The first-order valence-electron chi connectivity index (χ1n) is 13.8. The van der Waals surface area contributed by atoms with Gasteiger partial charge in [0.25, 0.3) is 5.91 Å². The number of amides is 1. The minimum atomic E-state index is -0.0256. The minimum absolute atomic E-state index is 0.0256.